The van der Waals surface area contributed by atoms with Crippen LogP contribution in [-0.4, -0.2) is 17.7 Å². The van der Waals surface area contributed by atoms with Crippen LogP contribution >= 0.6 is 11.6 Å². The molecule has 0 saturated carbocycles. The highest BCUT2D eigenvalue weighted by Gasteiger charge is 2.23. The molecule has 0 saturated heterocycles. The van der Waals surface area contributed by atoms with Crippen LogP contribution in [-0.2, 0) is 4.79 Å². The summed E-state index contributed by atoms with van der Waals surface area (Å²) in [6.45, 7) is 1.84. The quantitative estimate of drug-likeness (QED) is 0.798. The van der Waals surface area contributed by atoms with Crippen molar-refractivity contribution in [3.8, 4) is 5.75 Å². The minimum absolute atomic E-state index is 0.0918. The standard InChI is InChI=1S/C11H9ClO3/c1-6-7(11(13)14)5-15-9-4-2-3-8(12)10(6)9/h2-4H,5H2,1H3,(H,13,14). The van der Waals surface area contributed by atoms with Gasteiger partial charge < -0.3 is 9.84 Å². The third-order valence-corrected chi connectivity index (χ3v) is 2.75. The average Bonchev–Trinajstić information content (AvgIpc) is 2.17. The molecular formula is C11H9ClO3. The fourth-order valence-electron chi connectivity index (χ4n) is 1.62. The van der Waals surface area contributed by atoms with E-state index in [1.807, 2.05) is 0 Å². The summed E-state index contributed by atoms with van der Waals surface area (Å²) < 4.78 is 5.33. The number of hydrogen-bond donors (Lipinski definition) is 1. The maximum atomic E-state index is 10.9. The van der Waals surface area contributed by atoms with Gasteiger partial charge in [0.15, 0.2) is 0 Å². The summed E-state index contributed by atoms with van der Waals surface area (Å²) in [6.07, 6.45) is 0. The molecule has 2 rings (SSSR count). The van der Waals surface area contributed by atoms with Crippen LogP contribution in [0.15, 0.2) is 23.8 Å². The Morgan fingerprint density at radius 2 is 2.27 bits per heavy atom. The fraction of sp³-hybridized carbons (Fsp3) is 0.182. The minimum atomic E-state index is -0.960. The molecule has 0 atom stereocenters. The minimum Gasteiger partial charge on any atom is -0.488 e. The summed E-state index contributed by atoms with van der Waals surface area (Å²) in [5.41, 5.74) is 1.62. The lowest BCUT2D eigenvalue weighted by Gasteiger charge is -2.20. The lowest BCUT2D eigenvalue weighted by Crippen LogP contribution is -2.17. The van der Waals surface area contributed by atoms with Gasteiger partial charge in [-0.2, -0.15) is 0 Å². The van der Waals surface area contributed by atoms with Crippen molar-refractivity contribution < 1.29 is 14.6 Å². The number of carbonyl (C=O) groups is 1. The summed E-state index contributed by atoms with van der Waals surface area (Å²) in [7, 11) is 0. The zero-order valence-corrected chi connectivity index (χ0v) is 8.84. The van der Waals surface area contributed by atoms with Crippen molar-refractivity contribution >= 4 is 23.1 Å². The summed E-state index contributed by atoms with van der Waals surface area (Å²) >= 11 is 6.00. The number of carboxylic acid groups (broad SMARTS) is 1. The van der Waals surface area contributed by atoms with E-state index in [-0.39, 0.29) is 12.2 Å². The van der Waals surface area contributed by atoms with Gasteiger partial charge in [0, 0.05) is 5.56 Å². The second-order valence-corrected chi connectivity index (χ2v) is 3.72. The molecule has 0 aliphatic carbocycles. The topological polar surface area (TPSA) is 46.5 Å². The normalized spacial score (nSPS) is 14.5. The van der Waals surface area contributed by atoms with E-state index in [1.54, 1.807) is 25.1 Å². The number of halogens is 1. The van der Waals surface area contributed by atoms with E-state index in [2.05, 4.69) is 0 Å². The van der Waals surface area contributed by atoms with Gasteiger partial charge in [-0.05, 0) is 24.6 Å². The number of allylic oxidation sites excluding steroid dienone is 1. The number of rotatable bonds is 1. The van der Waals surface area contributed by atoms with Gasteiger partial charge >= 0.3 is 5.97 Å². The highest BCUT2D eigenvalue weighted by atomic mass is 35.5. The van der Waals surface area contributed by atoms with Crippen LogP contribution in [0.25, 0.3) is 5.57 Å². The first kappa shape index (κ1) is 10.1. The largest absolute Gasteiger partial charge is 0.488 e. The Hall–Kier alpha value is -1.48. The average molecular weight is 225 g/mol. The number of fused-ring (bicyclic) bond motifs is 1. The molecule has 1 aliphatic heterocycles. The van der Waals surface area contributed by atoms with Crippen molar-refractivity contribution in [1.82, 2.24) is 0 Å². The molecule has 0 amide bonds. The molecule has 78 valence electrons. The van der Waals surface area contributed by atoms with E-state index >= 15 is 0 Å². The van der Waals surface area contributed by atoms with Crippen molar-refractivity contribution in [3.05, 3.63) is 34.4 Å². The first-order valence-corrected chi connectivity index (χ1v) is 4.84. The van der Waals surface area contributed by atoms with E-state index in [0.29, 0.717) is 21.9 Å². The summed E-state index contributed by atoms with van der Waals surface area (Å²) in [4.78, 5) is 10.9. The van der Waals surface area contributed by atoms with E-state index in [1.165, 1.54) is 0 Å². The Labute approximate surface area is 91.9 Å². The van der Waals surface area contributed by atoms with Gasteiger partial charge in [-0.1, -0.05) is 17.7 Å². The third-order valence-electron chi connectivity index (χ3n) is 2.43. The van der Waals surface area contributed by atoms with Crippen molar-refractivity contribution in [2.24, 2.45) is 0 Å². The van der Waals surface area contributed by atoms with Gasteiger partial charge in [0.05, 0.1) is 10.6 Å². The van der Waals surface area contributed by atoms with Gasteiger partial charge in [-0.25, -0.2) is 4.79 Å². The highest BCUT2D eigenvalue weighted by Crippen LogP contribution is 2.37. The number of aliphatic carboxylic acids is 1. The van der Waals surface area contributed by atoms with Crippen LogP contribution < -0.4 is 4.74 Å². The Balaban J connectivity index is 2.65. The first-order valence-electron chi connectivity index (χ1n) is 4.46. The molecule has 0 aromatic heterocycles. The number of benzene rings is 1. The molecule has 1 N–H and O–H groups in total. The van der Waals surface area contributed by atoms with Gasteiger partial charge in [0.2, 0.25) is 0 Å². The number of ether oxygens (including phenoxy) is 1. The Kier molecular flexibility index (Phi) is 2.40. The maximum Gasteiger partial charge on any atom is 0.335 e. The predicted octanol–water partition coefficient (Wildman–Crippen LogP) is 2.59. The van der Waals surface area contributed by atoms with Gasteiger partial charge in [-0.15, -0.1) is 0 Å². The third kappa shape index (κ3) is 1.59. The molecule has 0 bridgehead atoms. The monoisotopic (exact) mass is 224 g/mol. The smallest absolute Gasteiger partial charge is 0.335 e. The predicted molar refractivity (Wildman–Crippen MR) is 57.2 cm³/mol. The Bertz CT molecular complexity index is 463. The van der Waals surface area contributed by atoms with Crippen LogP contribution in [0.1, 0.15) is 12.5 Å². The molecular weight excluding hydrogens is 216 g/mol. The zero-order valence-electron chi connectivity index (χ0n) is 8.08. The summed E-state index contributed by atoms with van der Waals surface area (Å²) in [6, 6.07) is 5.28. The van der Waals surface area contributed by atoms with Gasteiger partial charge in [0.25, 0.3) is 0 Å². The molecule has 4 heteroatoms. The second kappa shape index (κ2) is 3.59. The molecule has 0 fully saturated rings. The molecule has 0 spiro atoms. The van der Waals surface area contributed by atoms with E-state index in [4.69, 9.17) is 21.4 Å². The van der Waals surface area contributed by atoms with Crippen molar-refractivity contribution in [2.75, 3.05) is 6.61 Å². The van der Waals surface area contributed by atoms with Crippen LogP contribution in [0.3, 0.4) is 0 Å². The Morgan fingerprint density at radius 1 is 1.53 bits per heavy atom. The molecule has 0 radical (unpaired) electrons. The van der Waals surface area contributed by atoms with Gasteiger partial charge in [0.1, 0.15) is 12.4 Å². The summed E-state index contributed by atoms with van der Waals surface area (Å²) in [5, 5.41) is 9.46. The number of hydrogen-bond acceptors (Lipinski definition) is 2. The van der Waals surface area contributed by atoms with Crippen molar-refractivity contribution in [1.29, 1.82) is 0 Å². The molecule has 1 heterocycles. The summed E-state index contributed by atoms with van der Waals surface area (Å²) in [5.74, 6) is -0.317. The van der Waals surface area contributed by atoms with Crippen molar-refractivity contribution in [2.45, 2.75) is 6.92 Å². The van der Waals surface area contributed by atoms with Crippen LogP contribution in [0.2, 0.25) is 5.02 Å². The van der Waals surface area contributed by atoms with Gasteiger partial charge in [-0.3, -0.25) is 0 Å². The molecule has 1 aromatic rings. The van der Waals surface area contributed by atoms with Crippen LogP contribution in [0, 0.1) is 0 Å². The molecule has 0 unspecified atom stereocenters. The van der Waals surface area contributed by atoms with E-state index in [0.717, 1.165) is 0 Å². The zero-order chi connectivity index (χ0) is 11.0. The van der Waals surface area contributed by atoms with Crippen molar-refractivity contribution in [3.63, 3.8) is 0 Å². The molecule has 15 heavy (non-hydrogen) atoms. The van der Waals surface area contributed by atoms with Crippen LogP contribution in [0.5, 0.6) is 5.75 Å². The van der Waals surface area contributed by atoms with Crippen LogP contribution in [0.4, 0.5) is 0 Å². The lowest BCUT2D eigenvalue weighted by atomic mass is 9.98. The SMILES string of the molecule is CC1=C(C(=O)O)COc2cccc(Cl)c21. The molecule has 1 aliphatic rings. The molecule has 3 nitrogen and oxygen atoms in total. The first-order chi connectivity index (χ1) is 7.11. The maximum absolute atomic E-state index is 10.9. The Morgan fingerprint density at radius 3 is 2.93 bits per heavy atom. The highest BCUT2D eigenvalue weighted by molar-refractivity contribution is 6.32. The second-order valence-electron chi connectivity index (χ2n) is 3.31. The lowest BCUT2D eigenvalue weighted by molar-refractivity contribution is -0.133. The number of carboxylic acids is 1. The molecule has 1 aromatic carbocycles. The fourth-order valence-corrected chi connectivity index (χ4v) is 1.93. The van der Waals surface area contributed by atoms with E-state index < -0.39 is 5.97 Å². The van der Waals surface area contributed by atoms with E-state index in [9.17, 15) is 4.79 Å².